The molecule has 3 rings (SSSR count). The van der Waals surface area contributed by atoms with Crippen molar-refractivity contribution in [3.63, 3.8) is 0 Å². The highest BCUT2D eigenvalue weighted by Crippen LogP contribution is 2.51. The lowest BCUT2D eigenvalue weighted by atomic mass is 9.91. The van der Waals surface area contributed by atoms with Crippen molar-refractivity contribution in [1.82, 2.24) is 0 Å². The molecule has 0 aromatic heterocycles. The lowest BCUT2D eigenvalue weighted by Gasteiger charge is -2.47. The molecular weight excluding hydrogens is 344 g/mol. The van der Waals surface area contributed by atoms with Crippen molar-refractivity contribution in [3.8, 4) is 0 Å². The van der Waals surface area contributed by atoms with E-state index in [2.05, 4.69) is 33.5 Å². The number of carbonyl (C=O) groups excluding carboxylic acids is 1. The normalized spacial score (nSPS) is 21.7. The Morgan fingerprint density at radius 1 is 1.08 bits per heavy atom. The van der Waals surface area contributed by atoms with E-state index in [0.717, 1.165) is 16.3 Å². The summed E-state index contributed by atoms with van der Waals surface area (Å²) in [5.74, 6) is -1.35. The van der Waals surface area contributed by atoms with Gasteiger partial charge in [-0.05, 0) is 16.8 Å². The van der Waals surface area contributed by atoms with Gasteiger partial charge in [-0.15, -0.1) is 0 Å². The zero-order valence-electron chi connectivity index (χ0n) is 16.5. The van der Waals surface area contributed by atoms with Crippen molar-refractivity contribution in [2.24, 2.45) is 5.41 Å². The fourth-order valence-corrected chi connectivity index (χ4v) is 5.37. The first-order valence-electron chi connectivity index (χ1n) is 9.00. The predicted octanol–water partition coefficient (Wildman–Crippen LogP) is 4.20. The van der Waals surface area contributed by atoms with Crippen LogP contribution < -0.4 is 0 Å². The fourth-order valence-electron chi connectivity index (χ4n) is 3.53. The lowest BCUT2D eigenvalue weighted by Crippen LogP contribution is -2.53. The van der Waals surface area contributed by atoms with Crippen LogP contribution in [-0.4, -0.2) is 40.2 Å². The number of esters is 1. The largest absolute Gasteiger partial charge is 0.465 e. The zero-order chi connectivity index (χ0) is 19.2. The fraction of sp³-hybridized carbons (Fsp3) is 0.476. The maximum atomic E-state index is 12.6. The van der Waals surface area contributed by atoms with Crippen LogP contribution in [0, 0.1) is 5.41 Å². The molecule has 1 saturated heterocycles. The number of carbonyl (C=O) groups is 1. The van der Waals surface area contributed by atoms with Crippen molar-refractivity contribution >= 4 is 19.6 Å². The number of ether oxygens (including phenoxy) is 3. The Morgan fingerprint density at radius 3 is 2.15 bits per heavy atom. The Morgan fingerprint density at radius 2 is 1.65 bits per heavy atom. The maximum absolute atomic E-state index is 12.6. The molecule has 0 amide bonds. The highest BCUT2D eigenvalue weighted by molar-refractivity contribution is 6.84. The van der Waals surface area contributed by atoms with E-state index in [4.69, 9.17) is 14.2 Å². The molecule has 1 heterocycles. The van der Waals surface area contributed by atoms with Gasteiger partial charge in [0.15, 0.2) is 0 Å². The van der Waals surface area contributed by atoms with Gasteiger partial charge in [-0.3, -0.25) is 0 Å². The first-order chi connectivity index (χ1) is 12.1. The Hall–Kier alpha value is -1.69. The summed E-state index contributed by atoms with van der Waals surface area (Å²) in [6.07, 6.45) is 1.96. The Labute approximate surface area is 156 Å². The monoisotopic (exact) mass is 372 g/mol. The molecule has 1 aromatic rings. The van der Waals surface area contributed by atoms with E-state index in [1.807, 2.05) is 36.4 Å². The van der Waals surface area contributed by atoms with Crippen LogP contribution in [0.2, 0.25) is 19.6 Å². The summed E-state index contributed by atoms with van der Waals surface area (Å²) in [5, 5.41) is 1.08. The van der Waals surface area contributed by atoms with Gasteiger partial charge in [0.05, 0.1) is 34.0 Å². The van der Waals surface area contributed by atoms with Crippen LogP contribution in [0.1, 0.15) is 19.4 Å². The molecule has 26 heavy (non-hydrogen) atoms. The third-order valence-corrected chi connectivity index (χ3v) is 6.94. The second-order valence-corrected chi connectivity index (χ2v) is 13.9. The third-order valence-electron chi connectivity index (χ3n) is 4.85. The number of hydrogen-bond acceptors (Lipinski definition) is 4. The molecule has 0 radical (unpaired) electrons. The minimum atomic E-state index is -1.84. The molecule has 1 aliphatic carbocycles. The number of hydrogen-bond donors (Lipinski definition) is 0. The molecule has 0 atom stereocenters. The van der Waals surface area contributed by atoms with E-state index in [9.17, 15) is 4.79 Å². The zero-order valence-corrected chi connectivity index (χ0v) is 17.5. The van der Waals surface area contributed by atoms with Crippen molar-refractivity contribution in [3.05, 3.63) is 52.7 Å². The molecule has 5 heteroatoms. The summed E-state index contributed by atoms with van der Waals surface area (Å²) in [5.41, 5.74) is 2.18. The van der Waals surface area contributed by atoms with Gasteiger partial charge in [0.2, 0.25) is 5.79 Å². The van der Waals surface area contributed by atoms with Gasteiger partial charge in [0.25, 0.3) is 0 Å². The van der Waals surface area contributed by atoms with E-state index < -0.39 is 13.9 Å². The van der Waals surface area contributed by atoms with Gasteiger partial charge < -0.3 is 14.2 Å². The Bertz CT molecular complexity index is 759. The van der Waals surface area contributed by atoms with Gasteiger partial charge in [-0.2, -0.15) is 0 Å². The van der Waals surface area contributed by atoms with Crippen molar-refractivity contribution in [1.29, 1.82) is 0 Å². The van der Waals surface area contributed by atoms with Gasteiger partial charge >= 0.3 is 5.97 Å². The van der Waals surface area contributed by atoms with Gasteiger partial charge in [-0.1, -0.05) is 63.8 Å². The summed E-state index contributed by atoms with van der Waals surface area (Å²) in [6, 6.07) is 9.87. The van der Waals surface area contributed by atoms with Crippen LogP contribution in [-0.2, 0) is 19.0 Å². The standard InChI is InChI=1S/C21H28O4Si/c1-20(2)13-24-21(25-14-20)17(26(4,5)6)12-16(19(22)23-3)18(21)15-10-8-7-9-11-15/h7-12H,13-14H2,1-6H3. The van der Waals surface area contributed by atoms with Crippen LogP contribution >= 0.6 is 0 Å². The van der Waals surface area contributed by atoms with Crippen molar-refractivity contribution in [2.75, 3.05) is 20.3 Å². The van der Waals surface area contributed by atoms with Crippen molar-refractivity contribution in [2.45, 2.75) is 39.3 Å². The topological polar surface area (TPSA) is 44.8 Å². The molecule has 1 aromatic carbocycles. The first-order valence-corrected chi connectivity index (χ1v) is 12.5. The molecule has 1 spiro atoms. The third kappa shape index (κ3) is 3.19. The average molecular weight is 373 g/mol. The summed E-state index contributed by atoms with van der Waals surface area (Å²) in [7, 11) is -0.430. The Balaban J connectivity index is 2.23. The summed E-state index contributed by atoms with van der Waals surface area (Å²) >= 11 is 0. The molecule has 4 nitrogen and oxygen atoms in total. The summed E-state index contributed by atoms with van der Waals surface area (Å²) in [4.78, 5) is 12.6. The molecular formula is C21H28O4Si. The van der Waals surface area contributed by atoms with Gasteiger partial charge in [0.1, 0.15) is 0 Å². The molecule has 0 bridgehead atoms. The minimum Gasteiger partial charge on any atom is -0.465 e. The average Bonchev–Trinajstić information content (AvgIpc) is 2.93. The SMILES string of the molecule is COC(=O)C1=C(c2ccccc2)C2(OCC(C)(C)CO2)C([Si](C)(C)C)=C1. The maximum Gasteiger partial charge on any atom is 0.338 e. The molecule has 2 aliphatic rings. The first kappa shape index (κ1) is 19.1. The van der Waals surface area contributed by atoms with Crippen molar-refractivity contribution < 1.29 is 19.0 Å². The number of methoxy groups -OCH3 is 1. The van der Waals surface area contributed by atoms with E-state index in [-0.39, 0.29) is 11.4 Å². The highest BCUT2D eigenvalue weighted by atomic mass is 28.3. The molecule has 1 aliphatic heterocycles. The molecule has 0 saturated carbocycles. The van der Waals surface area contributed by atoms with E-state index >= 15 is 0 Å². The second kappa shape index (κ2) is 6.48. The lowest BCUT2D eigenvalue weighted by molar-refractivity contribution is -0.241. The Kier molecular flexibility index (Phi) is 4.75. The quantitative estimate of drug-likeness (QED) is 0.589. The molecule has 140 valence electrons. The number of rotatable bonds is 3. The van der Waals surface area contributed by atoms with E-state index in [0.29, 0.717) is 18.8 Å². The van der Waals surface area contributed by atoms with Crippen LogP contribution in [0.25, 0.3) is 5.57 Å². The van der Waals surface area contributed by atoms with E-state index in [1.165, 1.54) is 7.11 Å². The van der Waals surface area contributed by atoms with Crippen LogP contribution in [0.15, 0.2) is 47.2 Å². The molecule has 0 unspecified atom stereocenters. The smallest absolute Gasteiger partial charge is 0.338 e. The van der Waals surface area contributed by atoms with Crippen LogP contribution in [0.4, 0.5) is 0 Å². The summed E-state index contributed by atoms with van der Waals surface area (Å²) in [6.45, 7) is 12.1. The summed E-state index contributed by atoms with van der Waals surface area (Å²) < 4.78 is 18.0. The second-order valence-electron chi connectivity index (χ2n) is 8.81. The number of benzene rings is 1. The van der Waals surface area contributed by atoms with Crippen LogP contribution in [0.5, 0.6) is 0 Å². The predicted molar refractivity (Wildman–Crippen MR) is 105 cm³/mol. The molecule has 0 N–H and O–H groups in total. The van der Waals surface area contributed by atoms with Gasteiger partial charge in [0, 0.05) is 11.0 Å². The highest BCUT2D eigenvalue weighted by Gasteiger charge is 2.55. The van der Waals surface area contributed by atoms with Crippen LogP contribution in [0.3, 0.4) is 0 Å². The molecule has 1 fully saturated rings. The van der Waals surface area contributed by atoms with Gasteiger partial charge in [-0.25, -0.2) is 4.79 Å². The minimum absolute atomic E-state index is 0.0639. The van der Waals surface area contributed by atoms with E-state index in [1.54, 1.807) is 0 Å².